The molecule has 0 aromatic heterocycles. The first-order chi connectivity index (χ1) is 9.58. The zero-order valence-electron chi connectivity index (χ0n) is 12.7. The van der Waals surface area contributed by atoms with Crippen molar-refractivity contribution in [3.8, 4) is 0 Å². The van der Waals surface area contributed by atoms with Gasteiger partial charge in [0.15, 0.2) is 0 Å². The zero-order chi connectivity index (χ0) is 14.6. The number of nitrogens with two attached hydrogens (primary N) is 1. The minimum absolute atomic E-state index is 0.0979. The van der Waals surface area contributed by atoms with Crippen molar-refractivity contribution in [1.29, 1.82) is 0 Å². The van der Waals surface area contributed by atoms with Gasteiger partial charge in [0, 0.05) is 19.8 Å². The van der Waals surface area contributed by atoms with Crippen molar-refractivity contribution >= 4 is 5.91 Å². The molecule has 0 aromatic rings. The number of hydrogen-bond donors (Lipinski definition) is 2. The van der Waals surface area contributed by atoms with Crippen LogP contribution in [0.25, 0.3) is 0 Å². The summed E-state index contributed by atoms with van der Waals surface area (Å²) in [5, 5.41) is 3.52. The quantitative estimate of drug-likeness (QED) is 0.667. The highest BCUT2D eigenvalue weighted by Gasteiger charge is 2.49. The smallest absolute Gasteiger partial charge is 0.238 e. The van der Waals surface area contributed by atoms with E-state index in [1.807, 2.05) is 6.92 Å². The molecule has 2 aliphatic carbocycles. The lowest BCUT2D eigenvalue weighted by molar-refractivity contribution is -0.126. The molecule has 0 aliphatic heterocycles. The van der Waals surface area contributed by atoms with Crippen LogP contribution in [0.3, 0.4) is 0 Å². The van der Waals surface area contributed by atoms with Gasteiger partial charge < -0.3 is 20.5 Å². The Morgan fingerprint density at radius 1 is 1.45 bits per heavy atom. The predicted molar refractivity (Wildman–Crippen MR) is 77.3 cm³/mol. The maximum atomic E-state index is 12.0. The Bertz CT molecular complexity index is 333. The fourth-order valence-corrected chi connectivity index (χ4v) is 3.34. The Morgan fingerprint density at radius 2 is 2.20 bits per heavy atom. The van der Waals surface area contributed by atoms with E-state index in [9.17, 15) is 4.79 Å². The molecule has 0 heterocycles. The zero-order valence-corrected chi connectivity index (χ0v) is 12.7. The van der Waals surface area contributed by atoms with Crippen molar-refractivity contribution in [2.24, 2.45) is 11.7 Å². The topological polar surface area (TPSA) is 73.6 Å². The molecule has 0 bridgehead atoms. The number of ether oxygens (including phenoxy) is 2. The molecule has 1 amide bonds. The molecule has 0 saturated heterocycles. The maximum absolute atomic E-state index is 12.0. The molecule has 0 aromatic carbocycles. The summed E-state index contributed by atoms with van der Waals surface area (Å²) in [6.07, 6.45) is 6.33. The number of amides is 1. The first-order valence-electron chi connectivity index (χ1n) is 7.76. The first-order valence-corrected chi connectivity index (χ1v) is 7.76. The molecule has 2 saturated carbocycles. The fourth-order valence-electron chi connectivity index (χ4n) is 3.34. The molecule has 116 valence electrons. The van der Waals surface area contributed by atoms with E-state index in [2.05, 4.69) is 5.32 Å². The van der Waals surface area contributed by atoms with Crippen molar-refractivity contribution in [1.82, 2.24) is 5.32 Å². The van der Waals surface area contributed by atoms with Gasteiger partial charge in [-0.1, -0.05) is 6.42 Å². The molecule has 3 atom stereocenters. The summed E-state index contributed by atoms with van der Waals surface area (Å²) in [5.74, 6) is 0.118. The molecule has 2 rings (SSSR count). The molecule has 0 radical (unpaired) electrons. The van der Waals surface area contributed by atoms with Crippen LogP contribution >= 0.6 is 0 Å². The van der Waals surface area contributed by atoms with Crippen molar-refractivity contribution in [2.75, 3.05) is 20.3 Å². The number of nitrogens with one attached hydrogen (secondary N) is 1. The van der Waals surface area contributed by atoms with Gasteiger partial charge in [0.05, 0.1) is 12.7 Å². The predicted octanol–water partition coefficient (Wildman–Crippen LogP) is 1.20. The van der Waals surface area contributed by atoms with Gasteiger partial charge in [-0.3, -0.25) is 4.79 Å². The Labute approximate surface area is 121 Å². The minimum atomic E-state index is -0.491. The van der Waals surface area contributed by atoms with Gasteiger partial charge in [-0.25, -0.2) is 0 Å². The molecule has 5 heteroatoms. The molecule has 3 N–H and O–H groups in total. The Balaban J connectivity index is 1.86. The Morgan fingerprint density at radius 3 is 2.80 bits per heavy atom. The van der Waals surface area contributed by atoms with E-state index in [1.54, 1.807) is 7.11 Å². The van der Waals surface area contributed by atoms with Crippen LogP contribution in [-0.4, -0.2) is 43.9 Å². The summed E-state index contributed by atoms with van der Waals surface area (Å²) >= 11 is 0. The highest BCUT2D eigenvalue weighted by molar-refractivity contribution is 5.85. The lowest BCUT2D eigenvalue weighted by atomic mass is 9.84. The van der Waals surface area contributed by atoms with Gasteiger partial charge in [0.25, 0.3) is 0 Å². The number of carbonyl (C=O) groups is 1. The molecule has 5 nitrogen and oxygen atoms in total. The van der Waals surface area contributed by atoms with E-state index in [0.29, 0.717) is 25.2 Å². The number of hydrogen-bond acceptors (Lipinski definition) is 4. The first kappa shape index (κ1) is 15.7. The van der Waals surface area contributed by atoms with Crippen molar-refractivity contribution in [3.05, 3.63) is 0 Å². The summed E-state index contributed by atoms with van der Waals surface area (Å²) in [6.45, 7) is 3.27. The Kier molecular flexibility index (Phi) is 5.41. The second-order valence-corrected chi connectivity index (χ2v) is 6.27. The van der Waals surface area contributed by atoms with Crippen LogP contribution < -0.4 is 11.1 Å². The van der Waals surface area contributed by atoms with Crippen molar-refractivity contribution < 1.29 is 14.3 Å². The second kappa shape index (κ2) is 6.87. The maximum Gasteiger partial charge on any atom is 0.238 e. The third kappa shape index (κ3) is 3.71. The highest BCUT2D eigenvalue weighted by Crippen LogP contribution is 2.40. The molecular formula is C15H28N2O3. The largest absolute Gasteiger partial charge is 0.382 e. The van der Waals surface area contributed by atoms with Crippen LogP contribution in [-0.2, 0) is 14.3 Å². The normalized spacial score (nSPS) is 31.4. The van der Waals surface area contributed by atoms with Crippen LogP contribution in [0, 0.1) is 5.92 Å². The van der Waals surface area contributed by atoms with Gasteiger partial charge in [0.1, 0.15) is 5.54 Å². The van der Waals surface area contributed by atoms with E-state index >= 15 is 0 Å². The molecule has 0 spiro atoms. The average Bonchev–Trinajstić information content (AvgIpc) is 3.10. The third-order valence-electron chi connectivity index (χ3n) is 4.57. The van der Waals surface area contributed by atoms with Crippen molar-refractivity contribution in [2.45, 2.75) is 63.1 Å². The molecular weight excluding hydrogens is 256 g/mol. The number of carbonyl (C=O) groups excluding carboxylic acids is 1. The lowest BCUT2D eigenvalue weighted by Gasteiger charge is -2.34. The molecule has 2 aliphatic rings. The summed E-state index contributed by atoms with van der Waals surface area (Å²) < 4.78 is 10.8. The lowest BCUT2D eigenvalue weighted by Crippen LogP contribution is -2.58. The van der Waals surface area contributed by atoms with Gasteiger partial charge in [-0.15, -0.1) is 0 Å². The number of rotatable bonds is 9. The number of primary amides is 1. The second-order valence-electron chi connectivity index (χ2n) is 6.27. The van der Waals surface area contributed by atoms with Crippen LogP contribution in [0.2, 0.25) is 0 Å². The van der Waals surface area contributed by atoms with E-state index in [-0.39, 0.29) is 12.0 Å². The van der Waals surface area contributed by atoms with Crippen LogP contribution in [0.4, 0.5) is 0 Å². The SMILES string of the molecule is COCC(C)OCCC1CCCC1(NC1CC1)C(N)=O. The summed E-state index contributed by atoms with van der Waals surface area (Å²) in [5.41, 5.74) is 5.23. The summed E-state index contributed by atoms with van der Waals surface area (Å²) in [6, 6.07) is 0.497. The standard InChI is InChI=1S/C15H28N2O3/c1-11(10-19-2)20-9-7-12-4-3-8-15(12,14(16)18)17-13-5-6-13/h11-13,17H,3-10H2,1-2H3,(H2,16,18). The monoisotopic (exact) mass is 284 g/mol. The van der Waals surface area contributed by atoms with Crippen LogP contribution in [0.15, 0.2) is 0 Å². The van der Waals surface area contributed by atoms with Gasteiger partial charge in [0.2, 0.25) is 5.91 Å². The average molecular weight is 284 g/mol. The van der Waals surface area contributed by atoms with Gasteiger partial charge in [-0.05, 0) is 44.9 Å². The van der Waals surface area contributed by atoms with Crippen molar-refractivity contribution in [3.63, 3.8) is 0 Å². The summed E-state index contributed by atoms with van der Waals surface area (Å²) in [7, 11) is 1.68. The van der Waals surface area contributed by atoms with Crippen LogP contribution in [0.5, 0.6) is 0 Å². The fraction of sp³-hybridized carbons (Fsp3) is 0.933. The highest BCUT2D eigenvalue weighted by atomic mass is 16.5. The molecule has 3 unspecified atom stereocenters. The van der Waals surface area contributed by atoms with E-state index in [0.717, 1.165) is 25.7 Å². The third-order valence-corrected chi connectivity index (χ3v) is 4.57. The minimum Gasteiger partial charge on any atom is -0.382 e. The Hall–Kier alpha value is -0.650. The molecule has 20 heavy (non-hydrogen) atoms. The van der Waals surface area contributed by atoms with E-state index < -0.39 is 5.54 Å². The number of methoxy groups -OCH3 is 1. The molecule has 2 fully saturated rings. The van der Waals surface area contributed by atoms with E-state index in [4.69, 9.17) is 15.2 Å². The van der Waals surface area contributed by atoms with E-state index in [1.165, 1.54) is 12.8 Å². The van der Waals surface area contributed by atoms with Crippen LogP contribution in [0.1, 0.15) is 45.4 Å². The van der Waals surface area contributed by atoms with Gasteiger partial charge in [-0.2, -0.15) is 0 Å². The van der Waals surface area contributed by atoms with Gasteiger partial charge >= 0.3 is 0 Å². The summed E-state index contributed by atoms with van der Waals surface area (Å²) in [4.78, 5) is 12.0.